The van der Waals surface area contributed by atoms with Crippen LogP contribution in [0.3, 0.4) is 0 Å². The van der Waals surface area contributed by atoms with Gasteiger partial charge in [-0.3, -0.25) is 4.79 Å². The monoisotopic (exact) mass is 433 g/mol. The van der Waals surface area contributed by atoms with E-state index in [1.54, 1.807) is 0 Å². The summed E-state index contributed by atoms with van der Waals surface area (Å²) in [7, 11) is 0. The Morgan fingerprint density at radius 2 is 1.86 bits per heavy atom. The number of fused-ring (bicyclic) bond motifs is 1. The van der Waals surface area contributed by atoms with Crippen LogP contribution in [0.4, 0.5) is 0 Å². The van der Waals surface area contributed by atoms with E-state index in [2.05, 4.69) is 11.4 Å². The maximum atomic E-state index is 12.8. The van der Waals surface area contributed by atoms with Crippen LogP contribution in [-0.2, 0) is 14.9 Å². The van der Waals surface area contributed by atoms with Crippen LogP contribution in [0.25, 0.3) is 0 Å². The molecule has 0 aromatic heterocycles. The van der Waals surface area contributed by atoms with Crippen LogP contribution in [-0.4, -0.2) is 37.7 Å². The number of nitrogens with one attached hydrogen (secondary N) is 1. The first kappa shape index (κ1) is 20.4. The van der Waals surface area contributed by atoms with Crippen LogP contribution in [0.5, 0.6) is 11.5 Å². The standard InChI is InChI=1S/C22H24ClNO4S/c1-15(29-18-5-3-17(23)4-6-18)21(25)24-13-22(8-10-26-11-9-22)16-2-7-19-20(12-16)28-14-27-19/h2-7,12,15H,8-11,13-14H2,1H3,(H,24,25). The van der Waals surface area contributed by atoms with E-state index in [0.717, 1.165) is 34.8 Å². The van der Waals surface area contributed by atoms with Gasteiger partial charge in [0.25, 0.3) is 0 Å². The van der Waals surface area contributed by atoms with Crippen LogP contribution >= 0.6 is 23.4 Å². The molecule has 1 amide bonds. The Labute approximate surface area is 180 Å². The molecule has 0 bridgehead atoms. The molecule has 0 aliphatic carbocycles. The van der Waals surface area contributed by atoms with Crippen LogP contribution in [0.15, 0.2) is 47.4 Å². The van der Waals surface area contributed by atoms with E-state index in [4.69, 9.17) is 25.8 Å². The number of amides is 1. The molecule has 7 heteroatoms. The normalized spacial score (nSPS) is 18.3. The molecule has 5 nitrogen and oxygen atoms in total. The van der Waals surface area contributed by atoms with Gasteiger partial charge in [0.05, 0.1) is 5.25 Å². The third kappa shape index (κ3) is 4.65. The van der Waals surface area contributed by atoms with Gasteiger partial charge in [-0.05, 0) is 61.7 Å². The highest BCUT2D eigenvalue weighted by Gasteiger charge is 2.36. The first-order chi connectivity index (χ1) is 14.1. The smallest absolute Gasteiger partial charge is 0.233 e. The van der Waals surface area contributed by atoms with Gasteiger partial charge < -0.3 is 19.5 Å². The second kappa shape index (κ2) is 8.86. The fraction of sp³-hybridized carbons (Fsp3) is 0.409. The van der Waals surface area contributed by atoms with E-state index >= 15 is 0 Å². The number of benzene rings is 2. The van der Waals surface area contributed by atoms with E-state index in [0.29, 0.717) is 24.8 Å². The van der Waals surface area contributed by atoms with Crippen molar-refractivity contribution in [3.63, 3.8) is 0 Å². The predicted molar refractivity (Wildman–Crippen MR) is 114 cm³/mol. The number of ether oxygens (including phenoxy) is 3. The number of carbonyl (C=O) groups is 1. The zero-order valence-corrected chi connectivity index (χ0v) is 17.9. The molecule has 2 aliphatic heterocycles. The minimum absolute atomic E-state index is 0.0246. The molecule has 154 valence electrons. The van der Waals surface area contributed by atoms with E-state index in [1.807, 2.05) is 43.3 Å². The summed E-state index contributed by atoms with van der Waals surface area (Å²) in [4.78, 5) is 13.8. The lowest BCUT2D eigenvalue weighted by Gasteiger charge is -2.38. The van der Waals surface area contributed by atoms with Crippen LogP contribution < -0.4 is 14.8 Å². The van der Waals surface area contributed by atoms with E-state index in [-0.39, 0.29) is 23.4 Å². The molecule has 2 aromatic rings. The summed E-state index contributed by atoms with van der Waals surface area (Å²) in [6, 6.07) is 13.6. The van der Waals surface area contributed by atoms with Crippen molar-refractivity contribution in [2.24, 2.45) is 0 Å². The third-order valence-corrected chi connectivity index (χ3v) is 6.90. The third-order valence-electron chi connectivity index (χ3n) is 5.53. The van der Waals surface area contributed by atoms with Crippen LogP contribution in [0.1, 0.15) is 25.3 Å². The highest BCUT2D eigenvalue weighted by atomic mass is 35.5. The molecule has 1 saturated heterocycles. The molecule has 2 aliphatic rings. The largest absolute Gasteiger partial charge is 0.454 e. The second-order valence-corrected chi connectivity index (χ2v) is 9.24. The first-order valence-electron chi connectivity index (χ1n) is 9.74. The highest BCUT2D eigenvalue weighted by molar-refractivity contribution is 8.00. The van der Waals surface area contributed by atoms with E-state index < -0.39 is 0 Å². The maximum Gasteiger partial charge on any atom is 0.233 e. The Morgan fingerprint density at radius 1 is 1.14 bits per heavy atom. The molecule has 1 fully saturated rings. The van der Waals surface area contributed by atoms with Gasteiger partial charge in [0, 0.05) is 35.1 Å². The van der Waals surface area contributed by atoms with Gasteiger partial charge in [-0.2, -0.15) is 0 Å². The Kier molecular flexibility index (Phi) is 6.23. The molecule has 2 aromatic carbocycles. The van der Waals surface area contributed by atoms with Gasteiger partial charge in [0.1, 0.15) is 0 Å². The fourth-order valence-electron chi connectivity index (χ4n) is 3.73. The predicted octanol–water partition coefficient (Wildman–Crippen LogP) is 4.41. The summed E-state index contributed by atoms with van der Waals surface area (Å²) in [5, 5.41) is 3.66. The number of rotatable bonds is 6. The Balaban J connectivity index is 1.44. The fourth-order valence-corrected chi connectivity index (χ4v) is 4.74. The molecule has 1 atom stereocenters. The van der Waals surface area contributed by atoms with Crippen molar-refractivity contribution in [2.45, 2.75) is 35.3 Å². The Hall–Kier alpha value is -1.89. The zero-order valence-electron chi connectivity index (χ0n) is 16.3. The molecule has 0 saturated carbocycles. The van der Waals surface area contributed by atoms with Crippen molar-refractivity contribution >= 4 is 29.3 Å². The molecule has 29 heavy (non-hydrogen) atoms. The van der Waals surface area contributed by atoms with Gasteiger partial charge in [-0.15, -0.1) is 11.8 Å². The average molecular weight is 434 g/mol. The number of halogens is 1. The highest BCUT2D eigenvalue weighted by Crippen LogP contribution is 2.40. The molecular weight excluding hydrogens is 410 g/mol. The second-order valence-electron chi connectivity index (χ2n) is 7.39. The van der Waals surface area contributed by atoms with Crippen LogP contribution in [0, 0.1) is 0 Å². The summed E-state index contributed by atoms with van der Waals surface area (Å²) in [6.45, 7) is 4.11. The molecule has 0 spiro atoms. The van der Waals surface area contributed by atoms with Gasteiger partial charge in [-0.1, -0.05) is 17.7 Å². The lowest BCUT2D eigenvalue weighted by Crippen LogP contribution is -2.46. The molecule has 4 rings (SSSR count). The SMILES string of the molecule is CC(Sc1ccc(Cl)cc1)C(=O)NCC1(c2ccc3c(c2)OCO3)CCOCC1. The van der Waals surface area contributed by atoms with Crippen molar-refractivity contribution < 1.29 is 19.0 Å². The Morgan fingerprint density at radius 3 is 2.62 bits per heavy atom. The quantitative estimate of drug-likeness (QED) is 0.683. The lowest BCUT2D eigenvalue weighted by atomic mass is 9.74. The average Bonchev–Trinajstić information content (AvgIpc) is 3.22. The number of carbonyl (C=O) groups excluding carboxylic acids is 1. The molecule has 2 heterocycles. The van der Waals surface area contributed by atoms with E-state index in [1.165, 1.54) is 11.8 Å². The van der Waals surface area contributed by atoms with Crippen molar-refractivity contribution in [2.75, 3.05) is 26.6 Å². The molecular formula is C22H24ClNO4S. The summed E-state index contributed by atoms with van der Waals surface area (Å²) in [5.41, 5.74) is 0.989. The number of hydrogen-bond donors (Lipinski definition) is 1. The van der Waals surface area contributed by atoms with Crippen LogP contribution in [0.2, 0.25) is 5.02 Å². The maximum absolute atomic E-state index is 12.8. The van der Waals surface area contributed by atoms with Gasteiger partial charge >= 0.3 is 0 Å². The summed E-state index contributed by atoms with van der Waals surface area (Å²) >= 11 is 7.47. The van der Waals surface area contributed by atoms with Crippen molar-refractivity contribution in [1.29, 1.82) is 0 Å². The minimum Gasteiger partial charge on any atom is -0.454 e. The van der Waals surface area contributed by atoms with Gasteiger partial charge in [0.2, 0.25) is 12.7 Å². The van der Waals surface area contributed by atoms with Crippen molar-refractivity contribution in [3.8, 4) is 11.5 Å². The molecule has 1 unspecified atom stereocenters. The summed E-state index contributed by atoms with van der Waals surface area (Å²) in [5.74, 6) is 1.57. The van der Waals surface area contributed by atoms with Gasteiger partial charge in [-0.25, -0.2) is 0 Å². The topological polar surface area (TPSA) is 56.8 Å². The minimum atomic E-state index is -0.204. The zero-order chi connectivity index (χ0) is 20.3. The number of hydrogen-bond acceptors (Lipinski definition) is 5. The lowest BCUT2D eigenvalue weighted by molar-refractivity contribution is -0.120. The summed E-state index contributed by atoms with van der Waals surface area (Å²) in [6.07, 6.45) is 1.71. The van der Waals surface area contributed by atoms with Crippen molar-refractivity contribution in [3.05, 3.63) is 53.1 Å². The summed E-state index contributed by atoms with van der Waals surface area (Å²) < 4.78 is 16.6. The van der Waals surface area contributed by atoms with Gasteiger partial charge in [0.15, 0.2) is 11.5 Å². The first-order valence-corrected chi connectivity index (χ1v) is 11.0. The van der Waals surface area contributed by atoms with Crippen molar-refractivity contribution in [1.82, 2.24) is 5.32 Å². The van der Waals surface area contributed by atoms with E-state index in [9.17, 15) is 4.79 Å². The molecule has 0 radical (unpaired) electrons. The Bertz CT molecular complexity index is 868. The molecule has 1 N–H and O–H groups in total. The number of thioether (sulfide) groups is 1.